The summed E-state index contributed by atoms with van der Waals surface area (Å²) >= 11 is 0. The maximum Gasteiger partial charge on any atom is 0.0951 e. The van der Waals surface area contributed by atoms with Crippen molar-refractivity contribution in [3.63, 3.8) is 0 Å². The summed E-state index contributed by atoms with van der Waals surface area (Å²) in [6.07, 6.45) is 7.48. The van der Waals surface area contributed by atoms with Crippen LogP contribution in [0.15, 0.2) is 12.5 Å². The molecule has 0 spiro atoms. The van der Waals surface area contributed by atoms with Crippen LogP contribution in [0.4, 0.5) is 0 Å². The van der Waals surface area contributed by atoms with Crippen molar-refractivity contribution in [3.05, 3.63) is 18.2 Å². The van der Waals surface area contributed by atoms with Crippen LogP contribution >= 0.6 is 0 Å². The summed E-state index contributed by atoms with van der Waals surface area (Å²) in [5.74, 6) is 1.31. The van der Waals surface area contributed by atoms with Crippen LogP contribution in [0.25, 0.3) is 0 Å². The number of nitrogens with zero attached hydrogens (tertiary/aromatic N) is 2. The van der Waals surface area contributed by atoms with Crippen LogP contribution < -0.4 is 5.73 Å². The predicted molar refractivity (Wildman–Crippen MR) is 65.5 cm³/mol. The molecule has 0 bridgehead atoms. The molecule has 2 heterocycles. The van der Waals surface area contributed by atoms with Crippen LogP contribution in [0.1, 0.15) is 44.0 Å². The number of hydrogen-bond donors (Lipinski definition) is 1. The number of ether oxygens (including phenoxy) is 1. The lowest BCUT2D eigenvalue weighted by Gasteiger charge is -2.36. The molecule has 2 N–H and O–H groups in total. The summed E-state index contributed by atoms with van der Waals surface area (Å²) in [7, 11) is 0. The van der Waals surface area contributed by atoms with Crippen molar-refractivity contribution in [3.8, 4) is 0 Å². The Balaban J connectivity index is 1.75. The van der Waals surface area contributed by atoms with Crippen molar-refractivity contribution in [2.45, 2.75) is 38.3 Å². The number of imidazole rings is 1. The number of nitrogens with two attached hydrogens (primary N) is 1. The van der Waals surface area contributed by atoms with Gasteiger partial charge in [-0.05, 0) is 25.2 Å². The highest BCUT2D eigenvalue weighted by Crippen LogP contribution is 2.39. The van der Waals surface area contributed by atoms with Gasteiger partial charge in [-0.1, -0.05) is 6.92 Å². The van der Waals surface area contributed by atoms with E-state index in [1.54, 1.807) is 0 Å². The molecule has 4 heteroatoms. The Hall–Kier alpha value is -0.870. The average Bonchev–Trinajstić information content (AvgIpc) is 2.94. The van der Waals surface area contributed by atoms with Crippen molar-refractivity contribution in [1.82, 2.24) is 9.55 Å². The number of aromatic nitrogens is 2. The zero-order chi connectivity index (χ0) is 11.8. The van der Waals surface area contributed by atoms with Gasteiger partial charge in [0.2, 0.25) is 0 Å². The third-order valence-electron chi connectivity index (χ3n) is 4.25. The third kappa shape index (κ3) is 2.00. The first-order valence-electron chi connectivity index (χ1n) is 6.60. The van der Waals surface area contributed by atoms with Crippen LogP contribution in [-0.4, -0.2) is 22.8 Å². The van der Waals surface area contributed by atoms with E-state index in [1.165, 1.54) is 18.5 Å². The van der Waals surface area contributed by atoms with Gasteiger partial charge in [0, 0.05) is 24.8 Å². The van der Waals surface area contributed by atoms with Gasteiger partial charge in [-0.2, -0.15) is 0 Å². The Morgan fingerprint density at radius 3 is 3.00 bits per heavy atom. The summed E-state index contributed by atoms with van der Waals surface area (Å²) in [6.45, 7) is 3.96. The molecular formula is C13H21N3O. The summed E-state index contributed by atoms with van der Waals surface area (Å²) in [4.78, 5) is 4.28. The molecule has 1 aromatic heterocycles. The van der Waals surface area contributed by atoms with E-state index in [4.69, 9.17) is 10.5 Å². The highest BCUT2D eigenvalue weighted by atomic mass is 16.5. The molecule has 1 aliphatic carbocycles. The fourth-order valence-electron chi connectivity index (χ4n) is 3.04. The fraction of sp³-hybridized carbons (Fsp3) is 0.769. The lowest BCUT2D eigenvalue weighted by Crippen LogP contribution is -2.30. The summed E-state index contributed by atoms with van der Waals surface area (Å²) in [5.41, 5.74) is 7.55. The van der Waals surface area contributed by atoms with Crippen LogP contribution in [0.2, 0.25) is 0 Å². The lowest BCUT2D eigenvalue weighted by atomic mass is 9.81. The number of hydrogen-bond acceptors (Lipinski definition) is 3. The second-order valence-electron chi connectivity index (χ2n) is 5.61. The van der Waals surface area contributed by atoms with Gasteiger partial charge in [0.05, 0.1) is 24.7 Å². The molecule has 1 aliphatic heterocycles. The minimum absolute atomic E-state index is 0.0795. The van der Waals surface area contributed by atoms with Gasteiger partial charge in [0.15, 0.2) is 0 Å². The SMILES string of the molecule is CC1CC(n2cncc2C(N)C2CCOC2)C1. The molecule has 2 atom stereocenters. The molecule has 0 amide bonds. The van der Waals surface area contributed by atoms with Gasteiger partial charge in [0.1, 0.15) is 0 Å². The van der Waals surface area contributed by atoms with Crippen molar-refractivity contribution in [2.75, 3.05) is 13.2 Å². The van der Waals surface area contributed by atoms with E-state index in [2.05, 4.69) is 16.5 Å². The summed E-state index contributed by atoms with van der Waals surface area (Å²) in [6, 6.07) is 0.701. The van der Waals surface area contributed by atoms with Crippen molar-refractivity contribution in [2.24, 2.45) is 17.6 Å². The highest BCUT2D eigenvalue weighted by molar-refractivity contribution is 5.09. The smallest absolute Gasteiger partial charge is 0.0951 e. The van der Waals surface area contributed by atoms with Crippen LogP contribution in [0.5, 0.6) is 0 Å². The van der Waals surface area contributed by atoms with Crippen molar-refractivity contribution in [1.29, 1.82) is 0 Å². The lowest BCUT2D eigenvalue weighted by molar-refractivity contribution is 0.176. The van der Waals surface area contributed by atoms with Crippen LogP contribution in [-0.2, 0) is 4.74 Å². The second-order valence-corrected chi connectivity index (χ2v) is 5.61. The maximum atomic E-state index is 6.36. The van der Waals surface area contributed by atoms with Gasteiger partial charge in [-0.15, -0.1) is 0 Å². The van der Waals surface area contributed by atoms with E-state index in [-0.39, 0.29) is 6.04 Å². The van der Waals surface area contributed by atoms with E-state index in [0.717, 1.165) is 25.6 Å². The average molecular weight is 235 g/mol. The van der Waals surface area contributed by atoms with Gasteiger partial charge < -0.3 is 15.0 Å². The Morgan fingerprint density at radius 2 is 2.35 bits per heavy atom. The normalized spacial score (nSPS) is 34.6. The minimum Gasteiger partial charge on any atom is -0.381 e. The van der Waals surface area contributed by atoms with E-state index in [0.29, 0.717) is 12.0 Å². The third-order valence-corrected chi connectivity index (χ3v) is 4.25. The van der Waals surface area contributed by atoms with Crippen LogP contribution in [0.3, 0.4) is 0 Å². The van der Waals surface area contributed by atoms with E-state index in [9.17, 15) is 0 Å². The van der Waals surface area contributed by atoms with Gasteiger partial charge in [-0.3, -0.25) is 0 Å². The highest BCUT2D eigenvalue weighted by Gasteiger charge is 2.32. The number of rotatable bonds is 3. The van der Waals surface area contributed by atoms with E-state index >= 15 is 0 Å². The molecule has 1 saturated heterocycles. The van der Waals surface area contributed by atoms with Crippen molar-refractivity contribution < 1.29 is 4.74 Å². The van der Waals surface area contributed by atoms with Gasteiger partial charge >= 0.3 is 0 Å². The molecule has 17 heavy (non-hydrogen) atoms. The molecule has 2 aliphatic rings. The Morgan fingerprint density at radius 1 is 1.53 bits per heavy atom. The Labute approximate surface area is 102 Å². The maximum absolute atomic E-state index is 6.36. The molecule has 0 aromatic carbocycles. The van der Waals surface area contributed by atoms with E-state index in [1.807, 2.05) is 12.5 Å². The first kappa shape index (κ1) is 11.2. The van der Waals surface area contributed by atoms with Crippen LogP contribution in [0, 0.1) is 11.8 Å². The molecule has 1 saturated carbocycles. The molecule has 2 fully saturated rings. The standard InChI is InChI=1S/C13H21N3O/c1-9-4-11(5-9)16-8-15-6-12(16)13(14)10-2-3-17-7-10/h6,8-11,13H,2-5,7,14H2,1H3. The molecular weight excluding hydrogens is 214 g/mol. The summed E-state index contributed by atoms with van der Waals surface area (Å²) < 4.78 is 7.72. The monoisotopic (exact) mass is 235 g/mol. The zero-order valence-electron chi connectivity index (χ0n) is 10.4. The Bertz CT molecular complexity index is 378. The van der Waals surface area contributed by atoms with Gasteiger partial charge in [-0.25, -0.2) is 4.98 Å². The van der Waals surface area contributed by atoms with Gasteiger partial charge in [0.25, 0.3) is 0 Å². The largest absolute Gasteiger partial charge is 0.381 e. The molecule has 0 radical (unpaired) electrons. The second kappa shape index (κ2) is 4.42. The Kier molecular flexibility index (Phi) is 2.92. The van der Waals surface area contributed by atoms with E-state index < -0.39 is 0 Å². The first-order chi connectivity index (χ1) is 8.25. The molecule has 4 nitrogen and oxygen atoms in total. The fourth-order valence-corrected chi connectivity index (χ4v) is 3.04. The predicted octanol–water partition coefficient (Wildman–Crippen LogP) is 1.89. The molecule has 1 aromatic rings. The topological polar surface area (TPSA) is 53.1 Å². The van der Waals surface area contributed by atoms with Crippen molar-refractivity contribution >= 4 is 0 Å². The zero-order valence-corrected chi connectivity index (χ0v) is 10.4. The summed E-state index contributed by atoms with van der Waals surface area (Å²) in [5, 5.41) is 0. The quantitative estimate of drug-likeness (QED) is 0.870. The first-order valence-corrected chi connectivity index (χ1v) is 6.60. The molecule has 2 unspecified atom stereocenters. The molecule has 94 valence electrons. The minimum atomic E-state index is 0.0795. The molecule has 3 rings (SSSR count).